The second-order valence-electron chi connectivity index (χ2n) is 4.78. The minimum Gasteiger partial charge on any atom is -0.478 e. The van der Waals surface area contributed by atoms with Crippen LogP contribution in [0, 0.1) is 0 Å². The molecule has 0 saturated carbocycles. The Kier molecular flexibility index (Phi) is 3.90. The second kappa shape index (κ2) is 5.45. The van der Waals surface area contributed by atoms with Crippen molar-refractivity contribution < 1.29 is 14.6 Å². The third kappa shape index (κ3) is 2.49. The number of nitrogens with zero attached hydrogens (tertiary/aromatic N) is 1. The zero-order chi connectivity index (χ0) is 14.0. The Labute approximate surface area is 112 Å². The Balaban J connectivity index is 2.65. The SMILES string of the molecule is CCOCc1cc2c(C(=O)O)cccc2n1C(C)C. The summed E-state index contributed by atoms with van der Waals surface area (Å²) in [7, 11) is 0. The molecule has 0 bridgehead atoms. The van der Waals surface area contributed by atoms with Gasteiger partial charge in [-0.1, -0.05) is 6.07 Å². The molecule has 0 atom stereocenters. The lowest BCUT2D eigenvalue weighted by Crippen LogP contribution is -2.07. The topological polar surface area (TPSA) is 51.5 Å². The van der Waals surface area contributed by atoms with Gasteiger partial charge < -0.3 is 14.4 Å². The second-order valence-corrected chi connectivity index (χ2v) is 4.78. The molecule has 0 saturated heterocycles. The summed E-state index contributed by atoms with van der Waals surface area (Å²) in [6, 6.07) is 7.57. The molecule has 102 valence electrons. The average molecular weight is 261 g/mol. The third-order valence-corrected chi connectivity index (χ3v) is 3.16. The molecule has 0 aliphatic heterocycles. The number of rotatable bonds is 5. The fraction of sp³-hybridized carbons (Fsp3) is 0.400. The highest BCUT2D eigenvalue weighted by atomic mass is 16.5. The van der Waals surface area contributed by atoms with Crippen LogP contribution in [0.5, 0.6) is 0 Å². The number of carboxylic acid groups (broad SMARTS) is 1. The molecule has 4 heteroatoms. The monoisotopic (exact) mass is 261 g/mol. The smallest absolute Gasteiger partial charge is 0.336 e. The van der Waals surface area contributed by atoms with Gasteiger partial charge in [0.2, 0.25) is 0 Å². The molecule has 0 amide bonds. The average Bonchev–Trinajstić information content (AvgIpc) is 2.73. The van der Waals surface area contributed by atoms with E-state index in [9.17, 15) is 9.90 Å². The van der Waals surface area contributed by atoms with E-state index in [4.69, 9.17) is 4.74 Å². The van der Waals surface area contributed by atoms with Crippen molar-refractivity contribution in [2.24, 2.45) is 0 Å². The van der Waals surface area contributed by atoms with Crippen LogP contribution in [-0.2, 0) is 11.3 Å². The molecule has 2 rings (SSSR count). The molecule has 0 aliphatic carbocycles. The first-order valence-corrected chi connectivity index (χ1v) is 6.50. The summed E-state index contributed by atoms with van der Waals surface area (Å²) < 4.78 is 7.61. The van der Waals surface area contributed by atoms with Gasteiger partial charge in [-0.2, -0.15) is 0 Å². The first-order valence-electron chi connectivity index (χ1n) is 6.50. The van der Waals surface area contributed by atoms with E-state index in [1.807, 2.05) is 19.1 Å². The van der Waals surface area contributed by atoms with Crippen molar-refractivity contribution in [3.05, 3.63) is 35.5 Å². The maximum atomic E-state index is 11.3. The fourth-order valence-electron chi connectivity index (χ4n) is 2.42. The molecule has 2 aromatic rings. The zero-order valence-electron chi connectivity index (χ0n) is 11.5. The van der Waals surface area contributed by atoms with Crippen LogP contribution in [0.4, 0.5) is 0 Å². The number of ether oxygens (including phenoxy) is 1. The van der Waals surface area contributed by atoms with E-state index < -0.39 is 5.97 Å². The lowest BCUT2D eigenvalue weighted by atomic mass is 10.1. The highest BCUT2D eigenvalue weighted by molar-refractivity contribution is 6.03. The predicted octanol–water partition coefficient (Wildman–Crippen LogP) is 3.46. The summed E-state index contributed by atoms with van der Waals surface area (Å²) in [5.41, 5.74) is 2.31. The number of hydrogen-bond acceptors (Lipinski definition) is 2. The third-order valence-electron chi connectivity index (χ3n) is 3.16. The molecular weight excluding hydrogens is 242 g/mol. The van der Waals surface area contributed by atoms with Crippen LogP contribution in [0.25, 0.3) is 10.9 Å². The quantitative estimate of drug-likeness (QED) is 0.896. The number of fused-ring (bicyclic) bond motifs is 1. The van der Waals surface area contributed by atoms with E-state index in [0.717, 1.165) is 16.6 Å². The lowest BCUT2D eigenvalue weighted by molar-refractivity contribution is 0.0699. The van der Waals surface area contributed by atoms with Crippen molar-refractivity contribution in [3.8, 4) is 0 Å². The normalized spacial score (nSPS) is 11.4. The van der Waals surface area contributed by atoms with Gasteiger partial charge in [0.15, 0.2) is 0 Å². The number of carboxylic acids is 1. The van der Waals surface area contributed by atoms with Crippen molar-refractivity contribution in [3.63, 3.8) is 0 Å². The van der Waals surface area contributed by atoms with Gasteiger partial charge in [0.05, 0.1) is 12.2 Å². The summed E-state index contributed by atoms with van der Waals surface area (Å²) >= 11 is 0. The Bertz CT molecular complexity index is 599. The molecule has 1 N–H and O–H groups in total. The minimum absolute atomic E-state index is 0.261. The molecule has 1 heterocycles. The van der Waals surface area contributed by atoms with E-state index >= 15 is 0 Å². The van der Waals surface area contributed by atoms with Gasteiger partial charge in [-0.05, 0) is 39.0 Å². The van der Waals surface area contributed by atoms with Crippen LogP contribution in [0.3, 0.4) is 0 Å². The molecular formula is C15H19NO3. The number of carbonyl (C=O) groups is 1. The van der Waals surface area contributed by atoms with Crippen LogP contribution < -0.4 is 0 Å². The fourth-order valence-corrected chi connectivity index (χ4v) is 2.42. The molecule has 0 aliphatic rings. The van der Waals surface area contributed by atoms with E-state index in [1.54, 1.807) is 12.1 Å². The van der Waals surface area contributed by atoms with Gasteiger partial charge in [0.1, 0.15) is 0 Å². The summed E-state index contributed by atoms with van der Waals surface area (Å²) in [5, 5.41) is 10.0. The summed E-state index contributed by atoms with van der Waals surface area (Å²) in [5.74, 6) is -0.894. The Morgan fingerprint density at radius 1 is 1.42 bits per heavy atom. The number of aromatic nitrogens is 1. The van der Waals surface area contributed by atoms with Crippen molar-refractivity contribution in [1.29, 1.82) is 0 Å². The molecule has 0 spiro atoms. The highest BCUT2D eigenvalue weighted by Gasteiger charge is 2.16. The Hall–Kier alpha value is -1.81. The Morgan fingerprint density at radius 3 is 2.74 bits per heavy atom. The van der Waals surface area contributed by atoms with E-state index in [2.05, 4.69) is 18.4 Å². The van der Waals surface area contributed by atoms with Crippen molar-refractivity contribution in [1.82, 2.24) is 4.57 Å². The van der Waals surface area contributed by atoms with Gasteiger partial charge in [-0.15, -0.1) is 0 Å². The van der Waals surface area contributed by atoms with E-state index in [0.29, 0.717) is 18.8 Å². The van der Waals surface area contributed by atoms with Crippen molar-refractivity contribution in [2.75, 3.05) is 6.61 Å². The molecule has 4 nitrogen and oxygen atoms in total. The molecule has 1 aromatic carbocycles. The van der Waals surface area contributed by atoms with Crippen LogP contribution in [0.15, 0.2) is 24.3 Å². The van der Waals surface area contributed by atoms with E-state index in [-0.39, 0.29) is 6.04 Å². The van der Waals surface area contributed by atoms with Crippen molar-refractivity contribution in [2.45, 2.75) is 33.4 Å². The van der Waals surface area contributed by atoms with Gasteiger partial charge >= 0.3 is 5.97 Å². The molecule has 1 aromatic heterocycles. The van der Waals surface area contributed by atoms with E-state index in [1.165, 1.54) is 0 Å². The molecule has 0 fully saturated rings. The number of hydrogen-bond donors (Lipinski definition) is 1. The van der Waals surface area contributed by atoms with Crippen LogP contribution >= 0.6 is 0 Å². The van der Waals surface area contributed by atoms with Crippen LogP contribution in [-0.4, -0.2) is 22.2 Å². The first-order chi connectivity index (χ1) is 9.06. The highest BCUT2D eigenvalue weighted by Crippen LogP contribution is 2.27. The summed E-state index contributed by atoms with van der Waals surface area (Å²) in [6.07, 6.45) is 0. The van der Waals surface area contributed by atoms with Crippen LogP contribution in [0.2, 0.25) is 0 Å². The van der Waals surface area contributed by atoms with Gasteiger partial charge in [0.25, 0.3) is 0 Å². The number of benzene rings is 1. The van der Waals surface area contributed by atoms with Crippen molar-refractivity contribution >= 4 is 16.9 Å². The minimum atomic E-state index is -0.894. The van der Waals surface area contributed by atoms with Gasteiger partial charge in [-0.25, -0.2) is 4.79 Å². The number of aromatic carboxylic acids is 1. The van der Waals surface area contributed by atoms with Gasteiger partial charge in [-0.3, -0.25) is 0 Å². The predicted molar refractivity (Wildman–Crippen MR) is 74.6 cm³/mol. The lowest BCUT2D eigenvalue weighted by Gasteiger charge is -2.14. The largest absolute Gasteiger partial charge is 0.478 e. The maximum Gasteiger partial charge on any atom is 0.336 e. The standard InChI is InChI=1S/C15H19NO3/c1-4-19-9-11-8-13-12(15(17)18)6-5-7-14(13)16(11)10(2)3/h5-8,10H,4,9H2,1-3H3,(H,17,18). The molecule has 0 unspecified atom stereocenters. The zero-order valence-corrected chi connectivity index (χ0v) is 11.5. The Morgan fingerprint density at radius 2 is 2.16 bits per heavy atom. The first kappa shape index (κ1) is 13.6. The summed E-state index contributed by atoms with van der Waals surface area (Å²) in [6.45, 7) is 7.27. The molecule has 19 heavy (non-hydrogen) atoms. The van der Waals surface area contributed by atoms with Crippen LogP contribution in [0.1, 0.15) is 42.9 Å². The maximum absolute atomic E-state index is 11.3. The van der Waals surface area contributed by atoms with Gasteiger partial charge in [0, 0.05) is 29.2 Å². The molecule has 0 radical (unpaired) electrons. The summed E-state index contributed by atoms with van der Waals surface area (Å²) in [4.78, 5) is 11.3.